The van der Waals surface area contributed by atoms with Crippen LogP contribution in [0.2, 0.25) is 0 Å². The maximum Gasteiger partial charge on any atom is 0.416 e. The van der Waals surface area contributed by atoms with Crippen LogP contribution in [0.1, 0.15) is 5.56 Å². The van der Waals surface area contributed by atoms with Crippen LogP contribution in [0, 0.1) is 15.9 Å². The maximum absolute atomic E-state index is 13.1. The molecule has 2 aromatic carbocycles. The molecule has 0 radical (unpaired) electrons. The molecule has 0 fully saturated rings. The predicted octanol–water partition coefficient (Wildman–Crippen LogP) is 4.42. The van der Waals surface area contributed by atoms with Gasteiger partial charge in [0.15, 0.2) is 0 Å². The molecular formula is C13H7F4NO2. The van der Waals surface area contributed by atoms with E-state index in [0.29, 0.717) is 12.1 Å². The third kappa shape index (κ3) is 2.76. The summed E-state index contributed by atoms with van der Waals surface area (Å²) in [6, 6.07) is 6.67. The first-order valence-corrected chi connectivity index (χ1v) is 5.40. The van der Waals surface area contributed by atoms with Crippen molar-refractivity contribution in [1.29, 1.82) is 0 Å². The lowest BCUT2D eigenvalue weighted by molar-refractivity contribution is -0.384. The molecule has 104 valence electrons. The molecule has 20 heavy (non-hydrogen) atoms. The molecular weight excluding hydrogens is 278 g/mol. The first-order valence-electron chi connectivity index (χ1n) is 5.40. The highest BCUT2D eigenvalue weighted by atomic mass is 19.4. The van der Waals surface area contributed by atoms with Crippen LogP contribution in [0.3, 0.4) is 0 Å². The summed E-state index contributed by atoms with van der Waals surface area (Å²) >= 11 is 0. The Morgan fingerprint density at radius 2 is 1.75 bits per heavy atom. The first-order chi connectivity index (χ1) is 9.29. The van der Waals surface area contributed by atoms with Crippen LogP contribution in [-0.2, 0) is 6.18 Å². The molecule has 0 aliphatic carbocycles. The zero-order valence-corrected chi connectivity index (χ0v) is 9.82. The highest BCUT2D eigenvalue weighted by Crippen LogP contribution is 2.37. The molecule has 0 N–H and O–H groups in total. The Kier molecular flexibility index (Phi) is 3.44. The number of halogens is 4. The minimum Gasteiger partial charge on any atom is -0.258 e. The molecule has 0 heterocycles. The van der Waals surface area contributed by atoms with Crippen molar-refractivity contribution in [2.45, 2.75) is 6.18 Å². The summed E-state index contributed by atoms with van der Waals surface area (Å²) in [5.41, 5.74) is -1.79. The minimum atomic E-state index is -4.63. The highest BCUT2D eigenvalue weighted by molar-refractivity contribution is 5.74. The van der Waals surface area contributed by atoms with Crippen molar-refractivity contribution in [3.8, 4) is 11.1 Å². The Bertz CT molecular complexity index is 668. The van der Waals surface area contributed by atoms with Crippen LogP contribution in [0.5, 0.6) is 0 Å². The van der Waals surface area contributed by atoms with Crippen LogP contribution in [-0.4, -0.2) is 4.92 Å². The second-order valence-corrected chi connectivity index (χ2v) is 4.00. The van der Waals surface area contributed by atoms with Crippen molar-refractivity contribution in [1.82, 2.24) is 0 Å². The third-order valence-corrected chi connectivity index (χ3v) is 2.66. The lowest BCUT2D eigenvalue weighted by atomic mass is 10.0. The third-order valence-electron chi connectivity index (χ3n) is 2.66. The van der Waals surface area contributed by atoms with Gasteiger partial charge >= 0.3 is 6.18 Å². The van der Waals surface area contributed by atoms with E-state index in [2.05, 4.69) is 0 Å². The van der Waals surface area contributed by atoms with E-state index in [1.807, 2.05) is 0 Å². The SMILES string of the molecule is O=[N+]([O-])c1ccc(C(F)(F)F)cc1-c1cccc(F)c1. The average molecular weight is 285 g/mol. The quantitative estimate of drug-likeness (QED) is 0.465. The van der Waals surface area contributed by atoms with Gasteiger partial charge in [-0.1, -0.05) is 12.1 Å². The molecule has 0 atom stereocenters. The van der Waals surface area contributed by atoms with Crippen molar-refractivity contribution >= 4 is 5.69 Å². The van der Waals surface area contributed by atoms with E-state index in [1.54, 1.807) is 0 Å². The number of nitrogens with zero attached hydrogens (tertiary/aromatic N) is 1. The van der Waals surface area contributed by atoms with Gasteiger partial charge in [-0.05, 0) is 29.8 Å². The van der Waals surface area contributed by atoms with Gasteiger partial charge in [0.25, 0.3) is 5.69 Å². The molecule has 2 rings (SSSR count). The van der Waals surface area contributed by atoms with Crippen molar-refractivity contribution in [2.24, 2.45) is 0 Å². The van der Waals surface area contributed by atoms with Gasteiger partial charge in [-0.3, -0.25) is 10.1 Å². The van der Waals surface area contributed by atoms with E-state index in [4.69, 9.17) is 0 Å². The Morgan fingerprint density at radius 3 is 2.30 bits per heavy atom. The Morgan fingerprint density at radius 1 is 1.05 bits per heavy atom. The lowest BCUT2D eigenvalue weighted by Gasteiger charge is -2.09. The Labute approximate surface area is 110 Å². The lowest BCUT2D eigenvalue weighted by Crippen LogP contribution is -2.05. The zero-order chi connectivity index (χ0) is 14.9. The van der Waals surface area contributed by atoms with Crippen molar-refractivity contribution in [3.05, 3.63) is 64.0 Å². The highest BCUT2D eigenvalue weighted by Gasteiger charge is 2.32. The molecule has 0 aliphatic rings. The van der Waals surface area contributed by atoms with Gasteiger partial charge in [0.1, 0.15) is 5.82 Å². The van der Waals surface area contributed by atoms with Crippen molar-refractivity contribution < 1.29 is 22.5 Å². The van der Waals surface area contributed by atoms with E-state index >= 15 is 0 Å². The van der Waals surface area contributed by atoms with Crippen LogP contribution in [0.25, 0.3) is 11.1 Å². The van der Waals surface area contributed by atoms with Crippen LogP contribution >= 0.6 is 0 Å². The number of hydrogen-bond acceptors (Lipinski definition) is 2. The molecule has 0 unspecified atom stereocenters. The number of alkyl halides is 3. The second-order valence-electron chi connectivity index (χ2n) is 4.00. The van der Waals surface area contributed by atoms with E-state index in [-0.39, 0.29) is 11.1 Å². The number of nitro benzene ring substituents is 1. The standard InChI is InChI=1S/C13H7F4NO2/c14-10-3-1-2-8(6-10)11-7-9(13(15,16)17)4-5-12(11)18(19)20/h1-7H. The molecule has 0 aromatic heterocycles. The Balaban J connectivity index is 2.67. The van der Waals surface area contributed by atoms with E-state index < -0.39 is 28.2 Å². The van der Waals surface area contributed by atoms with Crippen molar-refractivity contribution in [3.63, 3.8) is 0 Å². The van der Waals surface area contributed by atoms with Gasteiger partial charge in [-0.2, -0.15) is 13.2 Å². The number of benzene rings is 2. The van der Waals surface area contributed by atoms with Crippen LogP contribution in [0.15, 0.2) is 42.5 Å². The number of nitro groups is 1. The molecule has 0 saturated carbocycles. The summed E-state index contributed by atoms with van der Waals surface area (Å²) in [6.45, 7) is 0. The predicted molar refractivity (Wildman–Crippen MR) is 63.5 cm³/mol. The van der Waals surface area contributed by atoms with E-state index in [1.165, 1.54) is 12.1 Å². The topological polar surface area (TPSA) is 43.1 Å². The van der Waals surface area contributed by atoms with Crippen LogP contribution < -0.4 is 0 Å². The van der Waals surface area contributed by atoms with Gasteiger partial charge in [-0.25, -0.2) is 4.39 Å². The summed E-state index contributed by atoms with van der Waals surface area (Å²) in [6.07, 6.45) is -4.63. The molecule has 7 heteroatoms. The van der Waals surface area contributed by atoms with E-state index in [0.717, 1.165) is 18.2 Å². The zero-order valence-electron chi connectivity index (χ0n) is 9.82. The fraction of sp³-hybridized carbons (Fsp3) is 0.0769. The van der Waals surface area contributed by atoms with Crippen LogP contribution in [0.4, 0.5) is 23.2 Å². The summed E-state index contributed by atoms with van der Waals surface area (Å²) < 4.78 is 51.1. The average Bonchev–Trinajstić information content (AvgIpc) is 2.37. The second kappa shape index (κ2) is 4.92. The van der Waals surface area contributed by atoms with Gasteiger partial charge in [0.2, 0.25) is 0 Å². The first kappa shape index (κ1) is 14.0. The maximum atomic E-state index is 13.1. The fourth-order valence-electron chi connectivity index (χ4n) is 1.76. The Hall–Kier alpha value is -2.44. The molecule has 0 bridgehead atoms. The van der Waals surface area contributed by atoms with Gasteiger partial charge < -0.3 is 0 Å². The van der Waals surface area contributed by atoms with Gasteiger partial charge in [0, 0.05) is 6.07 Å². The normalized spacial score (nSPS) is 11.4. The summed E-state index contributed by atoms with van der Waals surface area (Å²) in [5, 5.41) is 10.9. The largest absolute Gasteiger partial charge is 0.416 e. The monoisotopic (exact) mass is 285 g/mol. The van der Waals surface area contributed by atoms with Gasteiger partial charge in [-0.15, -0.1) is 0 Å². The summed E-state index contributed by atoms with van der Waals surface area (Å²) in [4.78, 5) is 10.1. The molecule has 0 saturated heterocycles. The molecule has 0 spiro atoms. The molecule has 3 nitrogen and oxygen atoms in total. The molecule has 0 aliphatic heterocycles. The van der Waals surface area contributed by atoms with Gasteiger partial charge in [0.05, 0.1) is 16.1 Å². The summed E-state index contributed by atoms with van der Waals surface area (Å²) in [5.74, 6) is -0.686. The van der Waals surface area contributed by atoms with Crippen molar-refractivity contribution in [2.75, 3.05) is 0 Å². The smallest absolute Gasteiger partial charge is 0.258 e. The fourth-order valence-corrected chi connectivity index (χ4v) is 1.76. The van der Waals surface area contributed by atoms with E-state index in [9.17, 15) is 27.7 Å². The minimum absolute atomic E-state index is 0.0165. The number of rotatable bonds is 2. The molecule has 2 aromatic rings. The molecule has 0 amide bonds. The number of hydrogen-bond donors (Lipinski definition) is 0. The summed E-state index contributed by atoms with van der Waals surface area (Å²) in [7, 11) is 0.